The third-order valence-electron chi connectivity index (χ3n) is 3.28. The summed E-state index contributed by atoms with van der Waals surface area (Å²) in [5, 5.41) is 17.3. The van der Waals surface area contributed by atoms with Gasteiger partial charge in [0.15, 0.2) is 0 Å². The van der Waals surface area contributed by atoms with E-state index in [1.165, 1.54) is 4.90 Å². The van der Waals surface area contributed by atoms with Gasteiger partial charge in [0.25, 0.3) is 0 Å². The molecule has 0 unspecified atom stereocenters. The van der Waals surface area contributed by atoms with Crippen LogP contribution in [0, 0.1) is 28.6 Å². The van der Waals surface area contributed by atoms with Gasteiger partial charge in [-0.1, -0.05) is 0 Å². The number of ether oxygens (including phenoxy) is 1. The van der Waals surface area contributed by atoms with Crippen LogP contribution in [0.3, 0.4) is 0 Å². The Balaban J connectivity index is 2.70. The Morgan fingerprint density at radius 1 is 1.50 bits per heavy atom. The molecule has 1 heterocycles. The van der Waals surface area contributed by atoms with Crippen molar-refractivity contribution >= 4 is 11.8 Å². The average molecular weight is 278 g/mol. The summed E-state index contributed by atoms with van der Waals surface area (Å²) in [7, 11) is 1.56. The van der Waals surface area contributed by atoms with Gasteiger partial charge in [0.05, 0.1) is 30.7 Å². The first-order valence-corrected chi connectivity index (χ1v) is 6.36. The van der Waals surface area contributed by atoms with E-state index in [0.717, 1.165) is 0 Å². The molecule has 0 radical (unpaired) electrons. The molecule has 1 fully saturated rings. The Kier molecular flexibility index (Phi) is 5.95. The number of nitrogens with zero attached hydrogens (tertiary/aromatic N) is 4. The van der Waals surface area contributed by atoms with Gasteiger partial charge in [-0.15, -0.1) is 0 Å². The highest BCUT2D eigenvalue weighted by atomic mass is 16.5. The summed E-state index contributed by atoms with van der Waals surface area (Å²) in [4.78, 5) is 26.9. The average Bonchev–Trinajstić information content (AvgIpc) is 2.80. The summed E-state index contributed by atoms with van der Waals surface area (Å²) < 4.78 is 5.01. The smallest absolute Gasteiger partial charge is 0.229 e. The van der Waals surface area contributed by atoms with Gasteiger partial charge >= 0.3 is 0 Å². The van der Waals surface area contributed by atoms with Crippen molar-refractivity contribution < 1.29 is 14.3 Å². The van der Waals surface area contributed by atoms with E-state index in [4.69, 9.17) is 15.3 Å². The third-order valence-corrected chi connectivity index (χ3v) is 3.28. The van der Waals surface area contributed by atoms with Gasteiger partial charge in [-0.25, -0.2) is 0 Å². The highest BCUT2D eigenvalue weighted by Gasteiger charge is 2.38. The Morgan fingerprint density at radius 3 is 2.60 bits per heavy atom. The van der Waals surface area contributed by atoms with E-state index in [1.54, 1.807) is 12.0 Å². The minimum Gasteiger partial charge on any atom is -0.383 e. The molecule has 2 amide bonds. The first-order chi connectivity index (χ1) is 9.54. The van der Waals surface area contributed by atoms with Crippen molar-refractivity contribution in [2.75, 3.05) is 33.4 Å². The lowest BCUT2D eigenvalue weighted by Gasteiger charge is -2.25. The molecule has 20 heavy (non-hydrogen) atoms. The second-order valence-electron chi connectivity index (χ2n) is 4.76. The summed E-state index contributed by atoms with van der Waals surface area (Å²) in [6, 6.07) is 3.62. The Labute approximate surface area is 118 Å². The molecule has 0 bridgehead atoms. The summed E-state index contributed by atoms with van der Waals surface area (Å²) in [5.41, 5.74) is 0. The highest BCUT2D eigenvalue weighted by molar-refractivity contribution is 5.89. The number of carbonyl (C=O) groups excluding carboxylic acids is 2. The van der Waals surface area contributed by atoms with E-state index in [9.17, 15) is 9.59 Å². The summed E-state index contributed by atoms with van der Waals surface area (Å²) in [6.07, 6.45) is 0.125. The zero-order chi connectivity index (χ0) is 15.1. The number of hydrogen-bond donors (Lipinski definition) is 0. The molecule has 108 valence electrons. The number of methoxy groups -OCH3 is 1. The molecule has 0 saturated carbocycles. The summed E-state index contributed by atoms with van der Waals surface area (Å²) in [5.74, 6) is -0.890. The Bertz CT molecular complexity index is 436. The van der Waals surface area contributed by atoms with E-state index in [2.05, 4.69) is 0 Å². The standard InChI is InChI=1S/C13H18N4O3/c1-10(9-20-2)17-8-11(7-12(17)18)13(19)16(5-3-14)6-4-15/h10-11H,5-9H2,1-2H3/t10-,11+/m1/s1. The lowest BCUT2D eigenvalue weighted by molar-refractivity contribution is -0.134. The van der Waals surface area contributed by atoms with Gasteiger partial charge in [0, 0.05) is 20.1 Å². The van der Waals surface area contributed by atoms with E-state index < -0.39 is 5.92 Å². The lowest BCUT2D eigenvalue weighted by Crippen LogP contribution is -2.40. The van der Waals surface area contributed by atoms with Crippen LogP contribution >= 0.6 is 0 Å². The fraction of sp³-hybridized carbons (Fsp3) is 0.692. The summed E-state index contributed by atoms with van der Waals surface area (Å²) in [6.45, 7) is 2.31. The van der Waals surface area contributed by atoms with Crippen LogP contribution in [0.25, 0.3) is 0 Å². The quantitative estimate of drug-likeness (QED) is 0.624. The molecule has 0 spiro atoms. The number of likely N-dealkylation sites (tertiary alicyclic amines) is 1. The molecule has 0 aromatic rings. The predicted molar refractivity (Wildman–Crippen MR) is 69.0 cm³/mol. The van der Waals surface area contributed by atoms with E-state index in [1.807, 2.05) is 19.1 Å². The molecule has 1 rings (SSSR count). The summed E-state index contributed by atoms with van der Waals surface area (Å²) >= 11 is 0. The zero-order valence-electron chi connectivity index (χ0n) is 11.7. The van der Waals surface area contributed by atoms with Crippen LogP contribution in [0.1, 0.15) is 13.3 Å². The lowest BCUT2D eigenvalue weighted by atomic mass is 10.1. The molecule has 0 N–H and O–H groups in total. The molecule has 1 aliphatic rings. The molecule has 0 aliphatic carbocycles. The third kappa shape index (κ3) is 3.69. The maximum atomic E-state index is 12.2. The van der Waals surface area contributed by atoms with Gasteiger partial charge in [0.1, 0.15) is 13.1 Å². The Hall–Kier alpha value is -2.12. The molecule has 1 saturated heterocycles. The van der Waals surface area contributed by atoms with Crippen LogP contribution in [-0.4, -0.2) is 61.0 Å². The van der Waals surface area contributed by atoms with Crippen molar-refractivity contribution in [2.24, 2.45) is 5.92 Å². The number of hydrogen-bond acceptors (Lipinski definition) is 5. The van der Waals surface area contributed by atoms with Crippen LogP contribution in [0.4, 0.5) is 0 Å². The van der Waals surface area contributed by atoms with Crippen LogP contribution < -0.4 is 0 Å². The van der Waals surface area contributed by atoms with Gasteiger partial charge in [-0.05, 0) is 6.92 Å². The fourth-order valence-corrected chi connectivity index (χ4v) is 2.29. The van der Waals surface area contributed by atoms with Gasteiger partial charge in [0.2, 0.25) is 11.8 Å². The van der Waals surface area contributed by atoms with E-state index in [0.29, 0.717) is 13.2 Å². The number of amides is 2. The number of nitriles is 2. The minimum atomic E-state index is -0.483. The maximum Gasteiger partial charge on any atom is 0.229 e. The first kappa shape index (κ1) is 15.9. The van der Waals surface area contributed by atoms with Crippen LogP contribution in [-0.2, 0) is 14.3 Å². The van der Waals surface area contributed by atoms with E-state index >= 15 is 0 Å². The number of carbonyl (C=O) groups is 2. The van der Waals surface area contributed by atoms with Crippen molar-refractivity contribution in [3.63, 3.8) is 0 Å². The van der Waals surface area contributed by atoms with Crippen molar-refractivity contribution in [1.29, 1.82) is 10.5 Å². The second kappa shape index (κ2) is 7.46. The Morgan fingerprint density at radius 2 is 2.10 bits per heavy atom. The molecule has 7 nitrogen and oxygen atoms in total. The largest absolute Gasteiger partial charge is 0.383 e. The molecule has 7 heteroatoms. The maximum absolute atomic E-state index is 12.2. The normalized spacial score (nSPS) is 19.3. The predicted octanol–water partition coefficient (Wildman–Crippen LogP) is -0.254. The van der Waals surface area contributed by atoms with Crippen molar-refractivity contribution in [2.45, 2.75) is 19.4 Å². The fourth-order valence-electron chi connectivity index (χ4n) is 2.29. The second-order valence-corrected chi connectivity index (χ2v) is 4.76. The van der Waals surface area contributed by atoms with Gasteiger partial charge in [-0.3, -0.25) is 9.59 Å². The van der Waals surface area contributed by atoms with E-state index in [-0.39, 0.29) is 37.4 Å². The molecular weight excluding hydrogens is 260 g/mol. The van der Waals surface area contributed by atoms with Crippen molar-refractivity contribution in [3.8, 4) is 12.1 Å². The monoisotopic (exact) mass is 278 g/mol. The van der Waals surface area contributed by atoms with Crippen LogP contribution in [0.5, 0.6) is 0 Å². The van der Waals surface area contributed by atoms with Crippen LogP contribution in [0.2, 0.25) is 0 Å². The highest BCUT2D eigenvalue weighted by Crippen LogP contribution is 2.22. The molecule has 0 aromatic heterocycles. The van der Waals surface area contributed by atoms with Gasteiger partial charge in [-0.2, -0.15) is 10.5 Å². The molecule has 1 aliphatic heterocycles. The first-order valence-electron chi connectivity index (χ1n) is 6.36. The zero-order valence-corrected chi connectivity index (χ0v) is 11.7. The van der Waals surface area contributed by atoms with Crippen molar-refractivity contribution in [3.05, 3.63) is 0 Å². The SMILES string of the molecule is COC[C@@H](C)N1C[C@@H](C(=O)N(CC#N)CC#N)CC1=O. The minimum absolute atomic E-state index is 0.0920. The van der Waals surface area contributed by atoms with Gasteiger partial charge < -0.3 is 14.5 Å². The van der Waals surface area contributed by atoms with Crippen molar-refractivity contribution in [1.82, 2.24) is 9.80 Å². The topological polar surface area (TPSA) is 97.4 Å². The number of rotatable bonds is 6. The molecular formula is C13H18N4O3. The molecule has 2 atom stereocenters. The van der Waals surface area contributed by atoms with Crippen LogP contribution in [0.15, 0.2) is 0 Å². The molecule has 0 aromatic carbocycles.